The number of likely N-dealkylation sites (N-methyl/N-ethyl adjacent to an activating group) is 1. The highest BCUT2D eigenvalue weighted by Crippen LogP contribution is 2.22. The predicted octanol–water partition coefficient (Wildman–Crippen LogP) is 3.72. The standard InChI is InChI=1S/C16H20BrN3OS/c1-3-20(4-2)15(12-5-6-22-11-12)10-19-16(21)13-7-14(17)9-18-8-13/h5-9,11,15H,3-4,10H2,1-2H3,(H,19,21). The van der Waals surface area contributed by atoms with Crippen molar-refractivity contribution in [3.63, 3.8) is 0 Å². The number of hydrogen-bond donors (Lipinski definition) is 1. The Morgan fingerprint density at radius 2 is 2.18 bits per heavy atom. The minimum Gasteiger partial charge on any atom is -0.350 e. The molecule has 0 aliphatic heterocycles. The van der Waals surface area contributed by atoms with E-state index in [-0.39, 0.29) is 11.9 Å². The lowest BCUT2D eigenvalue weighted by molar-refractivity contribution is 0.0934. The molecule has 0 aliphatic rings. The van der Waals surface area contributed by atoms with Crippen molar-refractivity contribution in [3.05, 3.63) is 50.9 Å². The molecule has 2 rings (SSSR count). The molecule has 4 nitrogen and oxygen atoms in total. The summed E-state index contributed by atoms with van der Waals surface area (Å²) in [7, 11) is 0. The van der Waals surface area contributed by atoms with E-state index in [2.05, 4.69) is 61.8 Å². The molecule has 0 aliphatic carbocycles. The van der Waals surface area contributed by atoms with Crippen molar-refractivity contribution in [3.8, 4) is 0 Å². The molecule has 0 spiro atoms. The molecule has 1 amide bonds. The molecule has 118 valence electrons. The highest BCUT2D eigenvalue weighted by Gasteiger charge is 2.19. The van der Waals surface area contributed by atoms with Crippen LogP contribution in [0.4, 0.5) is 0 Å². The molecular formula is C16H20BrN3OS. The molecule has 2 aromatic rings. The lowest BCUT2D eigenvalue weighted by Gasteiger charge is -2.29. The number of nitrogens with zero attached hydrogens (tertiary/aromatic N) is 2. The molecule has 0 bridgehead atoms. The number of rotatable bonds is 7. The van der Waals surface area contributed by atoms with Crippen LogP contribution in [0, 0.1) is 0 Å². The number of carbonyl (C=O) groups is 1. The first kappa shape index (κ1) is 17.1. The van der Waals surface area contributed by atoms with Crippen molar-refractivity contribution in [1.29, 1.82) is 0 Å². The molecule has 0 saturated heterocycles. The van der Waals surface area contributed by atoms with Gasteiger partial charge in [-0.05, 0) is 57.5 Å². The van der Waals surface area contributed by atoms with E-state index in [0.717, 1.165) is 17.6 Å². The van der Waals surface area contributed by atoms with Gasteiger partial charge in [0.1, 0.15) is 0 Å². The van der Waals surface area contributed by atoms with Crippen molar-refractivity contribution < 1.29 is 4.79 Å². The number of thiophene rings is 1. The van der Waals surface area contributed by atoms with Gasteiger partial charge in [-0.1, -0.05) is 13.8 Å². The maximum atomic E-state index is 12.3. The molecule has 0 aromatic carbocycles. The minimum absolute atomic E-state index is 0.0961. The summed E-state index contributed by atoms with van der Waals surface area (Å²) in [6.45, 7) is 6.77. The van der Waals surface area contributed by atoms with Gasteiger partial charge in [0.2, 0.25) is 0 Å². The predicted molar refractivity (Wildman–Crippen MR) is 94.3 cm³/mol. The van der Waals surface area contributed by atoms with Crippen LogP contribution in [-0.2, 0) is 0 Å². The Balaban J connectivity index is 2.06. The van der Waals surface area contributed by atoms with Crippen molar-refractivity contribution in [2.75, 3.05) is 19.6 Å². The zero-order valence-corrected chi connectivity index (χ0v) is 15.2. The largest absolute Gasteiger partial charge is 0.350 e. The third-order valence-corrected chi connectivity index (χ3v) is 4.74. The van der Waals surface area contributed by atoms with Crippen molar-refractivity contribution in [2.45, 2.75) is 19.9 Å². The summed E-state index contributed by atoms with van der Waals surface area (Å²) in [5.41, 5.74) is 1.82. The second kappa shape index (κ2) is 8.41. The summed E-state index contributed by atoms with van der Waals surface area (Å²) in [5, 5.41) is 7.25. The summed E-state index contributed by atoms with van der Waals surface area (Å²) in [4.78, 5) is 18.7. The summed E-state index contributed by atoms with van der Waals surface area (Å²) in [6, 6.07) is 4.10. The van der Waals surface area contributed by atoms with Crippen LogP contribution in [0.25, 0.3) is 0 Å². The smallest absolute Gasteiger partial charge is 0.252 e. The SMILES string of the molecule is CCN(CC)C(CNC(=O)c1cncc(Br)c1)c1ccsc1. The number of carbonyl (C=O) groups excluding carboxylic acids is 1. The fraction of sp³-hybridized carbons (Fsp3) is 0.375. The highest BCUT2D eigenvalue weighted by atomic mass is 79.9. The molecule has 22 heavy (non-hydrogen) atoms. The van der Waals surface area contributed by atoms with E-state index in [1.807, 2.05) is 0 Å². The van der Waals surface area contributed by atoms with E-state index >= 15 is 0 Å². The van der Waals surface area contributed by atoms with E-state index in [0.29, 0.717) is 12.1 Å². The lowest BCUT2D eigenvalue weighted by Crippen LogP contribution is -2.37. The monoisotopic (exact) mass is 381 g/mol. The van der Waals surface area contributed by atoms with Gasteiger partial charge in [-0.2, -0.15) is 11.3 Å². The maximum Gasteiger partial charge on any atom is 0.252 e. The third-order valence-electron chi connectivity index (χ3n) is 3.60. The zero-order valence-electron chi connectivity index (χ0n) is 12.8. The molecule has 2 aromatic heterocycles. The number of nitrogens with one attached hydrogen (secondary N) is 1. The van der Waals surface area contributed by atoms with E-state index in [9.17, 15) is 4.79 Å². The Morgan fingerprint density at radius 3 is 2.77 bits per heavy atom. The Kier molecular flexibility index (Phi) is 6.54. The molecule has 0 radical (unpaired) electrons. The second-order valence-corrected chi connectivity index (χ2v) is 6.59. The summed E-state index contributed by atoms with van der Waals surface area (Å²) in [5.74, 6) is -0.0961. The van der Waals surface area contributed by atoms with Gasteiger partial charge in [-0.15, -0.1) is 0 Å². The van der Waals surface area contributed by atoms with Crippen LogP contribution in [0.5, 0.6) is 0 Å². The first-order valence-electron chi connectivity index (χ1n) is 7.30. The van der Waals surface area contributed by atoms with Crippen LogP contribution < -0.4 is 5.32 Å². The average Bonchev–Trinajstić information content (AvgIpc) is 3.05. The van der Waals surface area contributed by atoms with Gasteiger partial charge < -0.3 is 5.32 Å². The summed E-state index contributed by atoms with van der Waals surface area (Å²) < 4.78 is 0.804. The molecule has 0 fully saturated rings. The van der Waals surface area contributed by atoms with Crippen LogP contribution in [0.3, 0.4) is 0 Å². The number of amides is 1. The number of halogens is 1. The molecule has 2 heterocycles. The number of pyridine rings is 1. The minimum atomic E-state index is -0.0961. The van der Waals surface area contributed by atoms with Gasteiger partial charge in [0.15, 0.2) is 0 Å². The van der Waals surface area contributed by atoms with Crippen molar-refractivity contribution >= 4 is 33.2 Å². The average molecular weight is 382 g/mol. The highest BCUT2D eigenvalue weighted by molar-refractivity contribution is 9.10. The fourth-order valence-corrected chi connectivity index (χ4v) is 3.49. The summed E-state index contributed by atoms with van der Waals surface area (Å²) in [6.07, 6.45) is 3.25. The van der Waals surface area contributed by atoms with Gasteiger partial charge in [-0.25, -0.2) is 0 Å². The fourth-order valence-electron chi connectivity index (χ4n) is 2.41. The Hall–Kier alpha value is -1.24. The van der Waals surface area contributed by atoms with Gasteiger partial charge in [0.05, 0.1) is 11.6 Å². The van der Waals surface area contributed by atoms with Gasteiger partial charge >= 0.3 is 0 Å². The van der Waals surface area contributed by atoms with Crippen LogP contribution in [0.2, 0.25) is 0 Å². The molecule has 0 saturated carbocycles. The van der Waals surface area contributed by atoms with Gasteiger partial charge in [0, 0.05) is 23.4 Å². The molecule has 1 atom stereocenters. The Morgan fingerprint density at radius 1 is 1.41 bits per heavy atom. The van der Waals surface area contributed by atoms with E-state index < -0.39 is 0 Å². The third kappa shape index (κ3) is 4.38. The second-order valence-electron chi connectivity index (χ2n) is 4.90. The number of aromatic nitrogens is 1. The molecule has 1 N–H and O–H groups in total. The van der Waals surface area contributed by atoms with Crippen LogP contribution >= 0.6 is 27.3 Å². The van der Waals surface area contributed by atoms with Crippen LogP contribution in [0.15, 0.2) is 39.8 Å². The Labute approximate surface area is 143 Å². The van der Waals surface area contributed by atoms with Gasteiger partial charge in [0.25, 0.3) is 5.91 Å². The maximum absolute atomic E-state index is 12.3. The Bertz CT molecular complexity index is 599. The van der Waals surface area contributed by atoms with Gasteiger partial charge in [-0.3, -0.25) is 14.7 Å². The molecule has 1 unspecified atom stereocenters. The van der Waals surface area contributed by atoms with E-state index in [1.54, 1.807) is 29.8 Å². The topological polar surface area (TPSA) is 45.2 Å². The van der Waals surface area contributed by atoms with Crippen molar-refractivity contribution in [1.82, 2.24) is 15.2 Å². The molecular weight excluding hydrogens is 362 g/mol. The van der Waals surface area contributed by atoms with Crippen molar-refractivity contribution in [2.24, 2.45) is 0 Å². The number of hydrogen-bond acceptors (Lipinski definition) is 4. The summed E-state index contributed by atoms with van der Waals surface area (Å²) >= 11 is 5.02. The van der Waals surface area contributed by atoms with E-state index in [1.165, 1.54) is 5.56 Å². The lowest BCUT2D eigenvalue weighted by atomic mass is 10.1. The normalized spacial score (nSPS) is 12.4. The molecule has 6 heteroatoms. The quantitative estimate of drug-likeness (QED) is 0.794. The van der Waals surface area contributed by atoms with Crippen LogP contribution in [0.1, 0.15) is 35.8 Å². The first-order valence-corrected chi connectivity index (χ1v) is 9.04. The van der Waals surface area contributed by atoms with Crippen LogP contribution in [-0.4, -0.2) is 35.4 Å². The zero-order chi connectivity index (χ0) is 15.9. The first-order chi connectivity index (χ1) is 10.7. The van der Waals surface area contributed by atoms with E-state index in [4.69, 9.17) is 0 Å².